The number of ether oxygens (including phenoxy) is 1. The van der Waals surface area contributed by atoms with Crippen molar-refractivity contribution in [1.82, 2.24) is 4.90 Å². The third-order valence-electron chi connectivity index (χ3n) is 5.62. The van der Waals surface area contributed by atoms with Crippen molar-refractivity contribution in [2.75, 3.05) is 68.5 Å². The topological polar surface area (TPSA) is 36.0 Å². The van der Waals surface area contributed by atoms with E-state index in [2.05, 4.69) is 4.90 Å². The molecule has 2 heterocycles. The second-order valence-electron chi connectivity index (χ2n) is 7.36. The van der Waals surface area contributed by atoms with Crippen LogP contribution in [-0.4, -0.2) is 69.5 Å². The molecule has 30 heavy (non-hydrogen) atoms. The van der Waals surface area contributed by atoms with Gasteiger partial charge in [0.05, 0.1) is 18.8 Å². The Morgan fingerprint density at radius 3 is 2.30 bits per heavy atom. The van der Waals surface area contributed by atoms with Crippen LogP contribution in [0.2, 0.25) is 0 Å². The van der Waals surface area contributed by atoms with Gasteiger partial charge >= 0.3 is 0 Å². The van der Waals surface area contributed by atoms with E-state index in [1.165, 1.54) is 6.07 Å². The van der Waals surface area contributed by atoms with E-state index in [1.807, 2.05) is 34.3 Å². The SMILES string of the molecule is CSc1ccc(N2CCOCC2)c(C(=O)N2CCN(c3ccc(F)c(F)c3)CC2)c1. The van der Waals surface area contributed by atoms with Gasteiger partial charge in [-0.2, -0.15) is 0 Å². The van der Waals surface area contributed by atoms with E-state index in [0.717, 1.165) is 29.7 Å². The Balaban J connectivity index is 1.50. The summed E-state index contributed by atoms with van der Waals surface area (Å²) < 4.78 is 32.2. The number of carbonyl (C=O) groups excluding carboxylic acids is 1. The van der Waals surface area contributed by atoms with Gasteiger partial charge in [0, 0.05) is 61.6 Å². The third-order valence-corrected chi connectivity index (χ3v) is 6.35. The Morgan fingerprint density at radius 2 is 1.63 bits per heavy atom. The minimum atomic E-state index is -0.852. The highest BCUT2D eigenvalue weighted by atomic mass is 32.2. The number of piperazine rings is 1. The van der Waals surface area contributed by atoms with E-state index < -0.39 is 11.6 Å². The van der Waals surface area contributed by atoms with Crippen LogP contribution in [0.25, 0.3) is 0 Å². The van der Waals surface area contributed by atoms with E-state index in [4.69, 9.17) is 4.74 Å². The number of benzene rings is 2. The molecule has 2 aromatic carbocycles. The van der Waals surface area contributed by atoms with Crippen LogP contribution < -0.4 is 9.80 Å². The number of hydrogen-bond donors (Lipinski definition) is 0. The number of rotatable bonds is 4. The van der Waals surface area contributed by atoms with Gasteiger partial charge in [0.25, 0.3) is 5.91 Å². The molecule has 2 fully saturated rings. The zero-order valence-corrected chi connectivity index (χ0v) is 17.8. The van der Waals surface area contributed by atoms with Crippen molar-refractivity contribution in [3.63, 3.8) is 0 Å². The lowest BCUT2D eigenvalue weighted by atomic mass is 10.1. The normalized spacial score (nSPS) is 17.4. The summed E-state index contributed by atoms with van der Waals surface area (Å²) in [6, 6.07) is 9.99. The molecular weight excluding hydrogens is 408 g/mol. The molecule has 2 aliphatic heterocycles. The van der Waals surface area contributed by atoms with Gasteiger partial charge in [-0.3, -0.25) is 4.79 Å². The number of morpholine rings is 1. The molecule has 0 radical (unpaired) electrons. The molecule has 0 saturated carbocycles. The van der Waals surface area contributed by atoms with Crippen LogP contribution in [0.15, 0.2) is 41.3 Å². The lowest BCUT2D eigenvalue weighted by molar-refractivity contribution is 0.0746. The highest BCUT2D eigenvalue weighted by molar-refractivity contribution is 7.98. The molecule has 4 rings (SSSR count). The summed E-state index contributed by atoms with van der Waals surface area (Å²) in [4.78, 5) is 20.5. The molecule has 0 unspecified atom stereocenters. The largest absolute Gasteiger partial charge is 0.378 e. The molecule has 5 nitrogen and oxygen atoms in total. The summed E-state index contributed by atoms with van der Waals surface area (Å²) >= 11 is 1.61. The zero-order chi connectivity index (χ0) is 21.1. The van der Waals surface area contributed by atoms with Crippen molar-refractivity contribution in [3.05, 3.63) is 53.6 Å². The van der Waals surface area contributed by atoms with Crippen LogP contribution in [0.1, 0.15) is 10.4 Å². The maximum atomic E-state index is 13.6. The summed E-state index contributed by atoms with van der Waals surface area (Å²) in [7, 11) is 0. The highest BCUT2D eigenvalue weighted by Gasteiger charge is 2.26. The van der Waals surface area contributed by atoms with E-state index >= 15 is 0 Å². The first-order valence-corrected chi connectivity index (χ1v) is 11.3. The minimum absolute atomic E-state index is 0.0114. The Labute approximate surface area is 179 Å². The second kappa shape index (κ2) is 9.22. The summed E-state index contributed by atoms with van der Waals surface area (Å²) in [5, 5.41) is 0. The van der Waals surface area contributed by atoms with Gasteiger partial charge in [-0.05, 0) is 36.6 Å². The fourth-order valence-electron chi connectivity index (χ4n) is 3.91. The average Bonchev–Trinajstić information content (AvgIpc) is 2.80. The van der Waals surface area contributed by atoms with Gasteiger partial charge in [-0.25, -0.2) is 8.78 Å². The summed E-state index contributed by atoms with van der Waals surface area (Å²) in [6.45, 7) is 5.06. The summed E-state index contributed by atoms with van der Waals surface area (Å²) in [5.74, 6) is -1.69. The molecular formula is C22H25F2N3O2S. The monoisotopic (exact) mass is 433 g/mol. The quantitative estimate of drug-likeness (QED) is 0.690. The minimum Gasteiger partial charge on any atom is -0.378 e. The Bertz CT molecular complexity index is 913. The zero-order valence-electron chi connectivity index (χ0n) is 16.9. The van der Waals surface area contributed by atoms with Crippen LogP contribution in [0.5, 0.6) is 0 Å². The first kappa shape index (κ1) is 20.9. The van der Waals surface area contributed by atoms with Crippen molar-refractivity contribution in [2.45, 2.75) is 4.90 Å². The predicted octanol–water partition coefficient (Wildman–Crippen LogP) is 3.49. The van der Waals surface area contributed by atoms with Crippen LogP contribution in [0, 0.1) is 11.6 Å². The van der Waals surface area contributed by atoms with Crippen molar-refractivity contribution in [2.24, 2.45) is 0 Å². The highest BCUT2D eigenvalue weighted by Crippen LogP contribution is 2.29. The number of halogens is 2. The van der Waals surface area contributed by atoms with Crippen molar-refractivity contribution >= 4 is 29.0 Å². The molecule has 8 heteroatoms. The third kappa shape index (κ3) is 4.39. The Morgan fingerprint density at radius 1 is 0.900 bits per heavy atom. The molecule has 2 aliphatic rings. The number of hydrogen-bond acceptors (Lipinski definition) is 5. The van der Waals surface area contributed by atoms with Crippen LogP contribution in [-0.2, 0) is 4.74 Å². The van der Waals surface area contributed by atoms with Gasteiger partial charge in [0.15, 0.2) is 11.6 Å². The molecule has 2 saturated heterocycles. The molecule has 0 bridgehead atoms. The average molecular weight is 434 g/mol. The molecule has 0 atom stereocenters. The number of thioether (sulfide) groups is 1. The first-order chi connectivity index (χ1) is 14.6. The summed E-state index contributed by atoms with van der Waals surface area (Å²) in [5.41, 5.74) is 2.30. The molecule has 0 aliphatic carbocycles. The van der Waals surface area contributed by atoms with Gasteiger partial charge in [0.2, 0.25) is 0 Å². The lowest BCUT2D eigenvalue weighted by Gasteiger charge is -2.37. The van der Waals surface area contributed by atoms with Crippen molar-refractivity contribution in [3.8, 4) is 0 Å². The molecule has 2 aromatic rings. The maximum Gasteiger partial charge on any atom is 0.256 e. The predicted molar refractivity (Wildman–Crippen MR) is 116 cm³/mol. The second-order valence-corrected chi connectivity index (χ2v) is 8.24. The van der Waals surface area contributed by atoms with Gasteiger partial charge < -0.3 is 19.4 Å². The van der Waals surface area contributed by atoms with Gasteiger partial charge in [0.1, 0.15) is 0 Å². The van der Waals surface area contributed by atoms with Crippen molar-refractivity contribution in [1.29, 1.82) is 0 Å². The Hall–Kier alpha value is -2.32. The molecule has 1 amide bonds. The maximum absolute atomic E-state index is 13.6. The lowest BCUT2D eigenvalue weighted by Crippen LogP contribution is -2.49. The molecule has 0 N–H and O–H groups in total. The number of amides is 1. The van der Waals surface area contributed by atoms with Gasteiger partial charge in [-0.15, -0.1) is 11.8 Å². The first-order valence-electron chi connectivity index (χ1n) is 10.1. The number of anilines is 2. The van der Waals surface area contributed by atoms with E-state index in [1.54, 1.807) is 17.8 Å². The summed E-state index contributed by atoms with van der Waals surface area (Å²) in [6.07, 6.45) is 2.00. The molecule has 0 spiro atoms. The fraction of sp³-hybridized carbons (Fsp3) is 0.409. The van der Waals surface area contributed by atoms with Crippen molar-refractivity contribution < 1.29 is 18.3 Å². The smallest absolute Gasteiger partial charge is 0.256 e. The Kier molecular flexibility index (Phi) is 6.43. The number of carbonyl (C=O) groups is 1. The van der Waals surface area contributed by atoms with Crippen LogP contribution >= 0.6 is 11.8 Å². The van der Waals surface area contributed by atoms with E-state index in [9.17, 15) is 13.6 Å². The standard InChI is InChI=1S/C22H25F2N3O2S/c1-30-17-3-5-21(26-10-12-29-13-11-26)18(15-17)22(28)27-8-6-25(7-9-27)16-2-4-19(23)20(24)14-16/h2-5,14-15H,6-13H2,1H3. The van der Waals surface area contributed by atoms with E-state index in [-0.39, 0.29) is 5.91 Å². The fourth-order valence-corrected chi connectivity index (χ4v) is 4.35. The molecule has 160 valence electrons. The van der Waals surface area contributed by atoms with Crippen LogP contribution in [0.3, 0.4) is 0 Å². The number of nitrogens with zero attached hydrogens (tertiary/aromatic N) is 3. The van der Waals surface area contributed by atoms with Crippen LogP contribution in [0.4, 0.5) is 20.2 Å². The van der Waals surface area contributed by atoms with E-state index in [0.29, 0.717) is 50.6 Å². The molecule has 0 aromatic heterocycles. The van der Waals surface area contributed by atoms with Gasteiger partial charge in [-0.1, -0.05) is 0 Å².